The predicted molar refractivity (Wildman–Crippen MR) is 107 cm³/mol. The second kappa shape index (κ2) is 8.49. The Kier molecular flexibility index (Phi) is 5.86. The molecule has 3 rings (SSSR count). The first-order valence-electron chi connectivity index (χ1n) is 8.33. The lowest BCUT2D eigenvalue weighted by Crippen LogP contribution is -2.17. The summed E-state index contributed by atoms with van der Waals surface area (Å²) in [5, 5.41) is 6.33. The Morgan fingerprint density at radius 1 is 1.04 bits per heavy atom. The summed E-state index contributed by atoms with van der Waals surface area (Å²) in [5.41, 5.74) is 2.30. The van der Waals surface area contributed by atoms with Gasteiger partial charge in [0.25, 0.3) is 5.91 Å². The molecule has 0 radical (unpaired) electrons. The van der Waals surface area contributed by atoms with Crippen LogP contribution in [0.5, 0.6) is 0 Å². The number of carbonyl (C=O) groups excluding carboxylic acids is 2. The Morgan fingerprint density at radius 3 is 2.57 bits per heavy atom. The van der Waals surface area contributed by atoms with Gasteiger partial charge in [-0.2, -0.15) is 0 Å². The van der Waals surface area contributed by atoms with Crippen LogP contribution in [-0.4, -0.2) is 29.0 Å². The average molecular weight is 397 g/mol. The summed E-state index contributed by atoms with van der Waals surface area (Å²) in [4.78, 5) is 32.8. The summed E-state index contributed by atoms with van der Waals surface area (Å²) in [5.74, 6) is -0.777. The summed E-state index contributed by atoms with van der Waals surface area (Å²) in [6.07, 6.45) is 1.47. The van der Waals surface area contributed by atoms with Gasteiger partial charge in [0.05, 0.1) is 18.4 Å². The van der Waals surface area contributed by atoms with Crippen molar-refractivity contribution in [2.45, 2.75) is 6.92 Å². The van der Waals surface area contributed by atoms with Crippen LogP contribution in [0.2, 0.25) is 5.02 Å². The van der Waals surface area contributed by atoms with E-state index in [1.165, 1.54) is 19.4 Å². The topological polar surface area (TPSA) is 93.2 Å². The Hall–Kier alpha value is -3.45. The van der Waals surface area contributed by atoms with Crippen molar-refractivity contribution >= 4 is 40.8 Å². The molecule has 28 heavy (non-hydrogen) atoms. The zero-order chi connectivity index (χ0) is 20.1. The van der Waals surface area contributed by atoms with Crippen molar-refractivity contribution in [3.63, 3.8) is 0 Å². The summed E-state index contributed by atoms with van der Waals surface area (Å²) >= 11 is 6.12. The molecule has 7 nitrogen and oxygen atoms in total. The highest BCUT2D eigenvalue weighted by Crippen LogP contribution is 2.25. The number of nitrogens with zero attached hydrogens (tertiary/aromatic N) is 2. The summed E-state index contributed by atoms with van der Waals surface area (Å²) < 4.78 is 4.73. The van der Waals surface area contributed by atoms with Crippen LogP contribution in [0.4, 0.5) is 17.3 Å². The minimum absolute atomic E-state index is 0.136. The van der Waals surface area contributed by atoms with Crippen LogP contribution < -0.4 is 10.6 Å². The van der Waals surface area contributed by atoms with Crippen LogP contribution in [0.15, 0.2) is 54.7 Å². The molecule has 2 aromatic carbocycles. The molecule has 8 heteroatoms. The Bertz CT molecular complexity index is 1040. The zero-order valence-corrected chi connectivity index (χ0v) is 15.9. The molecule has 0 aliphatic carbocycles. The van der Waals surface area contributed by atoms with Crippen LogP contribution in [0.3, 0.4) is 0 Å². The number of para-hydroxylation sites is 1. The smallest absolute Gasteiger partial charge is 0.339 e. The first kappa shape index (κ1) is 19.3. The van der Waals surface area contributed by atoms with Gasteiger partial charge in [0.2, 0.25) is 5.95 Å². The number of halogens is 1. The molecule has 1 aromatic heterocycles. The van der Waals surface area contributed by atoms with Gasteiger partial charge in [-0.15, -0.1) is 0 Å². The fourth-order valence-corrected chi connectivity index (χ4v) is 2.65. The van der Waals surface area contributed by atoms with E-state index < -0.39 is 11.9 Å². The third kappa shape index (κ3) is 4.27. The fraction of sp³-hybridized carbons (Fsp3) is 0.100. The predicted octanol–water partition coefficient (Wildman–Crippen LogP) is 4.22. The number of esters is 1. The molecular formula is C20H17ClN4O3. The first-order valence-corrected chi connectivity index (χ1v) is 8.71. The Balaban J connectivity index is 1.82. The number of nitrogens with one attached hydrogen (secondary N) is 2. The van der Waals surface area contributed by atoms with Gasteiger partial charge in [0.15, 0.2) is 0 Å². The highest BCUT2D eigenvalue weighted by atomic mass is 35.5. The van der Waals surface area contributed by atoms with E-state index in [0.717, 1.165) is 11.3 Å². The van der Waals surface area contributed by atoms with Crippen molar-refractivity contribution in [3.8, 4) is 0 Å². The number of ether oxygens (including phenoxy) is 1. The molecular weight excluding hydrogens is 380 g/mol. The maximum absolute atomic E-state index is 12.6. The van der Waals surface area contributed by atoms with Gasteiger partial charge in [-0.3, -0.25) is 4.79 Å². The minimum Gasteiger partial charge on any atom is -0.465 e. The van der Waals surface area contributed by atoms with Crippen molar-refractivity contribution in [2.75, 3.05) is 17.7 Å². The molecule has 3 aromatic rings. The summed E-state index contributed by atoms with van der Waals surface area (Å²) in [7, 11) is 1.28. The number of amides is 1. The van der Waals surface area contributed by atoms with Crippen molar-refractivity contribution in [2.24, 2.45) is 0 Å². The van der Waals surface area contributed by atoms with E-state index >= 15 is 0 Å². The fourth-order valence-electron chi connectivity index (χ4n) is 2.48. The van der Waals surface area contributed by atoms with Gasteiger partial charge >= 0.3 is 5.97 Å². The largest absolute Gasteiger partial charge is 0.465 e. The lowest BCUT2D eigenvalue weighted by molar-refractivity contribution is 0.0602. The molecule has 0 saturated heterocycles. The lowest BCUT2D eigenvalue weighted by Gasteiger charge is -2.11. The number of anilines is 3. The Morgan fingerprint density at radius 2 is 1.79 bits per heavy atom. The van der Waals surface area contributed by atoms with Crippen LogP contribution in [-0.2, 0) is 4.74 Å². The lowest BCUT2D eigenvalue weighted by atomic mass is 10.1. The van der Waals surface area contributed by atoms with E-state index in [9.17, 15) is 9.59 Å². The van der Waals surface area contributed by atoms with Crippen molar-refractivity contribution < 1.29 is 14.3 Å². The molecule has 1 heterocycles. The number of benzene rings is 2. The summed E-state index contributed by atoms with van der Waals surface area (Å²) in [6.45, 7) is 1.87. The molecule has 1 amide bonds. The monoisotopic (exact) mass is 396 g/mol. The maximum atomic E-state index is 12.6. The van der Waals surface area contributed by atoms with Gasteiger partial charge in [-0.05, 0) is 42.8 Å². The molecule has 0 fully saturated rings. The van der Waals surface area contributed by atoms with Gasteiger partial charge in [0, 0.05) is 16.9 Å². The van der Waals surface area contributed by atoms with Crippen LogP contribution >= 0.6 is 11.6 Å². The van der Waals surface area contributed by atoms with Gasteiger partial charge in [-0.1, -0.05) is 29.8 Å². The molecule has 0 saturated carbocycles. The second-order valence-corrected chi connectivity index (χ2v) is 6.20. The van der Waals surface area contributed by atoms with E-state index in [0.29, 0.717) is 10.7 Å². The van der Waals surface area contributed by atoms with E-state index in [1.54, 1.807) is 36.4 Å². The standard InChI is InChI=1S/C20H17ClN4O3/c1-12-14(21)7-5-9-15(12)24-20-22-11-10-17(25-20)18(26)23-16-8-4-3-6-13(16)19(27)28-2/h3-11H,1-2H3,(H,23,26)(H,22,24,25). The van der Waals surface area contributed by atoms with Crippen molar-refractivity contribution in [1.82, 2.24) is 9.97 Å². The molecule has 0 spiro atoms. The summed E-state index contributed by atoms with van der Waals surface area (Å²) in [6, 6.07) is 13.5. The molecule has 142 valence electrons. The number of hydrogen-bond acceptors (Lipinski definition) is 6. The molecule has 0 aliphatic rings. The highest BCUT2D eigenvalue weighted by Gasteiger charge is 2.15. The number of methoxy groups -OCH3 is 1. The third-order valence-electron chi connectivity index (χ3n) is 3.98. The van der Waals surface area contributed by atoms with Crippen molar-refractivity contribution in [3.05, 3.63) is 76.6 Å². The normalized spacial score (nSPS) is 10.2. The van der Waals surface area contributed by atoms with E-state index in [4.69, 9.17) is 16.3 Å². The van der Waals surface area contributed by atoms with Crippen LogP contribution in [0, 0.1) is 6.92 Å². The van der Waals surface area contributed by atoms with Crippen molar-refractivity contribution in [1.29, 1.82) is 0 Å². The SMILES string of the molecule is COC(=O)c1ccccc1NC(=O)c1ccnc(Nc2cccc(Cl)c2C)n1. The molecule has 0 unspecified atom stereocenters. The average Bonchev–Trinajstić information content (AvgIpc) is 2.71. The minimum atomic E-state index is -0.544. The molecule has 0 aliphatic heterocycles. The molecule has 0 atom stereocenters. The zero-order valence-electron chi connectivity index (χ0n) is 15.2. The van der Waals surface area contributed by atoms with Crippen LogP contribution in [0.25, 0.3) is 0 Å². The number of aromatic nitrogens is 2. The number of carbonyl (C=O) groups is 2. The second-order valence-electron chi connectivity index (χ2n) is 5.79. The van der Waals surface area contributed by atoms with E-state index in [2.05, 4.69) is 20.6 Å². The van der Waals surface area contributed by atoms with Gasteiger partial charge in [-0.25, -0.2) is 14.8 Å². The highest BCUT2D eigenvalue weighted by molar-refractivity contribution is 6.31. The van der Waals surface area contributed by atoms with E-state index in [-0.39, 0.29) is 17.2 Å². The van der Waals surface area contributed by atoms with Gasteiger partial charge < -0.3 is 15.4 Å². The Labute approximate surface area is 166 Å². The number of hydrogen-bond donors (Lipinski definition) is 2. The quantitative estimate of drug-likeness (QED) is 0.627. The van der Waals surface area contributed by atoms with Gasteiger partial charge in [0.1, 0.15) is 5.69 Å². The van der Waals surface area contributed by atoms with Crippen LogP contribution in [0.1, 0.15) is 26.4 Å². The maximum Gasteiger partial charge on any atom is 0.339 e. The molecule has 0 bridgehead atoms. The molecule has 2 N–H and O–H groups in total. The third-order valence-corrected chi connectivity index (χ3v) is 4.39. The van der Waals surface area contributed by atoms with E-state index in [1.807, 2.05) is 13.0 Å². The first-order chi connectivity index (χ1) is 13.5. The number of rotatable bonds is 5.